The molecule has 0 fully saturated rings. The van der Waals surface area contributed by atoms with E-state index in [0.717, 1.165) is 0 Å². The number of nitrogens with one attached hydrogen (secondary N) is 1. The van der Waals surface area contributed by atoms with Crippen LogP contribution in [0.2, 0.25) is 0 Å². The molecule has 1 aromatic carbocycles. The molecule has 0 spiro atoms. The molecule has 0 aliphatic rings. The van der Waals surface area contributed by atoms with Gasteiger partial charge in [-0.3, -0.25) is 14.9 Å². The largest absolute Gasteiger partial charge is 0.295 e. The van der Waals surface area contributed by atoms with Gasteiger partial charge in [-0.2, -0.15) is 0 Å². The molecular formula is C12H9N3O2. The molecule has 5 nitrogen and oxygen atoms in total. The fraction of sp³-hybridized carbons (Fsp3) is 0. The number of hydrogen-bond acceptors (Lipinski definition) is 4. The molecule has 0 radical (unpaired) electrons. The molecule has 2 amide bonds. The normalized spacial score (nSPS) is 9.65. The molecule has 1 N–H and O–H groups in total. The van der Waals surface area contributed by atoms with Crippen molar-refractivity contribution in [3.05, 3.63) is 60.2 Å². The molecule has 0 aliphatic carbocycles. The number of amides is 2. The Morgan fingerprint density at radius 2 is 1.53 bits per heavy atom. The number of imide groups is 1. The van der Waals surface area contributed by atoms with Crippen LogP contribution in [0.5, 0.6) is 0 Å². The summed E-state index contributed by atoms with van der Waals surface area (Å²) in [5.74, 6) is -1.11. The molecule has 84 valence electrons. The summed E-state index contributed by atoms with van der Waals surface area (Å²) >= 11 is 0. The molecule has 2 aromatic rings. The van der Waals surface area contributed by atoms with Crippen molar-refractivity contribution in [3.8, 4) is 0 Å². The van der Waals surface area contributed by atoms with E-state index >= 15 is 0 Å². The second-order valence-electron chi connectivity index (χ2n) is 3.22. The molecular weight excluding hydrogens is 218 g/mol. The summed E-state index contributed by atoms with van der Waals surface area (Å²) in [5, 5.41) is 2.21. The number of hydrogen-bond donors (Lipinski definition) is 1. The van der Waals surface area contributed by atoms with Gasteiger partial charge in [-0.25, -0.2) is 9.97 Å². The van der Waals surface area contributed by atoms with Crippen LogP contribution in [0.15, 0.2) is 48.8 Å². The Balaban J connectivity index is 2.08. The molecule has 2 rings (SSSR count). The zero-order valence-corrected chi connectivity index (χ0v) is 8.83. The summed E-state index contributed by atoms with van der Waals surface area (Å²) in [6.45, 7) is 0. The van der Waals surface area contributed by atoms with Gasteiger partial charge in [0.1, 0.15) is 0 Å². The third-order valence-electron chi connectivity index (χ3n) is 2.03. The van der Waals surface area contributed by atoms with Crippen LogP contribution < -0.4 is 5.32 Å². The van der Waals surface area contributed by atoms with Crippen molar-refractivity contribution in [2.45, 2.75) is 0 Å². The lowest BCUT2D eigenvalue weighted by Gasteiger charge is -2.02. The lowest BCUT2D eigenvalue weighted by atomic mass is 10.2. The Labute approximate surface area is 97.5 Å². The predicted molar refractivity (Wildman–Crippen MR) is 60.3 cm³/mol. The Morgan fingerprint density at radius 1 is 0.882 bits per heavy atom. The first-order valence-corrected chi connectivity index (χ1v) is 4.95. The van der Waals surface area contributed by atoms with Gasteiger partial charge in [0.15, 0.2) is 0 Å². The highest BCUT2D eigenvalue weighted by molar-refractivity contribution is 6.08. The first-order valence-electron chi connectivity index (χ1n) is 4.95. The molecule has 0 atom stereocenters. The Morgan fingerprint density at radius 3 is 2.18 bits per heavy atom. The van der Waals surface area contributed by atoms with E-state index in [2.05, 4.69) is 15.3 Å². The van der Waals surface area contributed by atoms with E-state index in [1.54, 1.807) is 36.4 Å². The number of aromatic nitrogens is 2. The Bertz CT molecular complexity index is 476. The lowest BCUT2D eigenvalue weighted by Crippen LogP contribution is -2.31. The second-order valence-corrected chi connectivity index (χ2v) is 3.22. The molecule has 1 heterocycles. The van der Waals surface area contributed by atoms with E-state index < -0.39 is 11.8 Å². The molecule has 5 heteroatoms. The maximum atomic E-state index is 11.6. The van der Waals surface area contributed by atoms with Crippen LogP contribution in [0.25, 0.3) is 0 Å². The van der Waals surface area contributed by atoms with Crippen LogP contribution in [-0.2, 0) is 0 Å². The van der Waals surface area contributed by atoms with Gasteiger partial charge in [-0.1, -0.05) is 18.2 Å². The summed E-state index contributed by atoms with van der Waals surface area (Å²) in [4.78, 5) is 30.7. The summed E-state index contributed by atoms with van der Waals surface area (Å²) < 4.78 is 0. The highest BCUT2D eigenvalue weighted by Crippen LogP contribution is 1.98. The van der Waals surface area contributed by atoms with Crippen molar-refractivity contribution in [1.29, 1.82) is 0 Å². The lowest BCUT2D eigenvalue weighted by molar-refractivity contribution is 0.0843. The molecule has 1 aromatic heterocycles. The number of rotatable bonds is 2. The van der Waals surface area contributed by atoms with E-state index in [4.69, 9.17) is 0 Å². The van der Waals surface area contributed by atoms with Crippen LogP contribution in [-0.4, -0.2) is 21.8 Å². The first kappa shape index (κ1) is 10.9. The van der Waals surface area contributed by atoms with Crippen molar-refractivity contribution >= 4 is 11.8 Å². The van der Waals surface area contributed by atoms with Gasteiger partial charge >= 0.3 is 0 Å². The van der Waals surface area contributed by atoms with Crippen LogP contribution in [0, 0.1) is 0 Å². The first-order chi connectivity index (χ1) is 8.27. The maximum absolute atomic E-state index is 11.6. The predicted octanol–water partition coefficient (Wildman–Crippen LogP) is 1.05. The van der Waals surface area contributed by atoms with E-state index in [1.807, 2.05) is 0 Å². The smallest absolute Gasteiger partial charge is 0.285 e. The second kappa shape index (κ2) is 4.98. The van der Waals surface area contributed by atoms with Crippen LogP contribution in [0.1, 0.15) is 21.0 Å². The molecule has 0 unspecified atom stereocenters. The highest BCUT2D eigenvalue weighted by Gasteiger charge is 2.13. The summed E-state index contributed by atoms with van der Waals surface area (Å²) in [6, 6.07) is 10.1. The summed E-state index contributed by atoms with van der Waals surface area (Å²) in [5.41, 5.74) is 0.414. The van der Waals surface area contributed by atoms with Crippen molar-refractivity contribution in [2.75, 3.05) is 0 Å². The van der Waals surface area contributed by atoms with E-state index in [9.17, 15) is 9.59 Å². The van der Waals surface area contributed by atoms with Crippen molar-refractivity contribution in [2.24, 2.45) is 0 Å². The number of benzene rings is 1. The van der Waals surface area contributed by atoms with E-state index in [1.165, 1.54) is 12.4 Å². The monoisotopic (exact) mass is 227 g/mol. The van der Waals surface area contributed by atoms with Gasteiger partial charge in [0.05, 0.1) is 0 Å². The fourth-order valence-electron chi connectivity index (χ4n) is 1.24. The van der Waals surface area contributed by atoms with E-state index in [-0.39, 0.29) is 5.82 Å². The van der Waals surface area contributed by atoms with Crippen molar-refractivity contribution < 1.29 is 9.59 Å². The highest BCUT2D eigenvalue weighted by atomic mass is 16.2. The van der Waals surface area contributed by atoms with Crippen LogP contribution in [0.3, 0.4) is 0 Å². The maximum Gasteiger partial charge on any atom is 0.295 e. The standard InChI is InChI=1S/C12H9N3O2/c16-11(9-5-2-1-3-6-9)15-12(17)10-13-7-4-8-14-10/h1-8H,(H,15,16,17). The average Bonchev–Trinajstić information content (AvgIpc) is 2.40. The third-order valence-corrected chi connectivity index (χ3v) is 2.03. The number of carbonyl (C=O) groups excluding carboxylic acids is 2. The third kappa shape index (κ3) is 2.72. The van der Waals surface area contributed by atoms with Gasteiger partial charge in [0.25, 0.3) is 11.8 Å². The van der Waals surface area contributed by atoms with Gasteiger partial charge < -0.3 is 0 Å². The minimum Gasteiger partial charge on any atom is -0.285 e. The van der Waals surface area contributed by atoms with Gasteiger partial charge in [0, 0.05) is 18.0 Å². The topological polar surface area (TPSA) is 72.0 Å². The molecule has 0 aliphatic heterocycles. The van der Waals surface area contributed by atoms with E-state index in [0.29, 0.717) is 5.56 Å². The van der Waals surface area contributed by atoms with Gasteiger partial charge in [-0.05, 0) is 18.2 Å². The van der Waals surface area contributed by atoms with Crippen molar-refractivity contribution in [3.63, 3.8) is 0 Å². The Hall–Kier alpha value is -2.56. The zero-order chi connectivity index (χ0) is 12.1. The summed E-state index contributed by atoms with van der Waals surface area (Å²) in [7, 11) is 0. The Kier molecular flexibility index (Phi) is 3.20. The van der Waals surface area contributed by atoms with Crippen LogP contribution in [0.4, 0.5) is 0 Å². The molecule has 0 saturated carbocycles. The van der Waals surface area contributed by atoms with Crippen molar-refractivity contribution in [1.82, 2.24) is 15.3 Å². The summed E-state index contributed by atoms with van der Waals surface area (Å²) in [6.07, 6.45) is 2.88. The van der Waals surface area contributed by atoms with Gasteiger partial charge in [-0.15, -0.1) is 0 Å². The molecule has 17 heavy (non-hydrogen) atoms. The minimum absolute atomic E-state index is 0.0308. The van der Waals surface area contributed by atoms with Crippen LogP contribution >= 0.6 is 0 Å². The number of nitrogens with zero attached hydrogens (tertiary/aromatic N) is 2. The quantitative estimate of drug-likeness (QED) is 0.778. The van der Waals surface area contributed by atoms with Gasteiger partial charge in [0.2, 0.25) is 5.82 Å². The zero-order valence-electron chi connectivity index (χ0n) is 8.83. The SMILES string of the molecule is O=C(NC(=O)c1ncccn1)c1ccccc1. The minimum atomic E-state index is -0.612. The average molecular weight is 227 g/mol. The molecule has 0 saturated heterocycles. The number of carbonyl (C=O) groups is 2. The fourth-order valence-corrected chi connectivity index (χ4v) is 1.24. The molecule has 0 bridgehead atoms.